The van der Waals surface area contributed by atoms with E-state index in [4.69, 9.17) is 9.47 Å². The Balaban J connectivity index is 1.70. The highest BCUT2D eigenvalue weighted by molar-refractivity contribution is 9.10. The van der Waals surface area contributed by atoms with Crippen LogP contribution in [0.1, 0.15) is 33.6 Å². The molecule has 0 spiro atoms. The van der Waals surface area contributed by atoms with E-state index in [1.807, 2.05) is 49.4 Å². The second-order valence-corrected chi connectivity index (χ2v) is 10.3. The summed E-state index contributed by atoms with van der Waals surface area (Å²) in [4.78, 5) is 2.41. The first-order valence-corrected chi connectivity index (χ1v) is 12.3. The number of aliphatic hydroxyl groups excluding tert-OH is 1. The number of hydrogen-bond acceptors (Lipinski definition) is 5. The van der Waals surface area contributed by atoms with Gasteiger partial charge in [-0.15, -0.1) is 6.58 Å². The summed E-state index contributed by atoms with van der Waals surface area (Å²) in [6.45, 7) is 16.0. The number of allylic oxidation sites excluding steroid dienone is 4. The minimum Gasteiger partial charge on any atom is -0.512 e. The molecule has 2 rings (SSSR count). The molecule has 178 valence electrons. The van der Waals surface area contributed by atoms with Gasteiger partial charge in [0.15, 0.2) is 0 Å². The molecular weight excluding hydrogens is 468 g/mol. The van der Waals surface area contributed by atoms with Gasteiger partial charge in [-0.2, -0.15) is 0 Å². The standard InChI is InChI=1S/C26H39BrN2O3/c1-5-26(4,27)21(2)9-10-23(30)8-6-7-22(3)32-25-13-11-24(12-14-25)31-20-19-29-17-15-28-16-18-29/h5-8,11-14,21-22,28,30H,1,9-10,15-20H2,2-4H3/b7-6+,23-8+. The van der Waals surface area contributed by atoms with Gasteiger partial charge in [-0.05, 0) is 62.6 Å². The van der Waals surface area contributed by atoms with E-state index in [0.717, 1.165) is 50.6 Å². The normalized spacial score (nSPS) is 19.3. The fourth-order valence-electron chi connectivity index (χ4n) is 3.35. The lowest BCUT2D eigenvalue weighted by atomic mass is 9.91. The van der Waals surface area contributed by atoms with Crippen molar-refractivity contribution in [2.75, 3.05) is 39.3 Å². The first-order chi connectivity index (χ1) is 15.3. The van der Waals surface area contributed by atoms with Crippen LogP contribution in [0.2, 0.25) is 0 Å². The topological polar surface area (TPSA) is 54.0 Å². The molecule has 0 aromatic heterocycles. The van der Waals surface area contributed by atoms with E-state index in [1.165, 1.54) is 0 Å². The molecule has 1 aromatic rings. The molecule has 1 saturated heterocycles. The average Bonchev–Trinajstić information content (AvgIpc) is 2.79. The molecule has 1 fully saturated rings. The van der Waals surface area contributed by atoms with Gasteiger partial charge < -0.3 is 19.9 Å². The molecule has 0 saturated carbocycles. The van der Waals surface area contributed by atoms with E-state index >= 15 is 0 Å². The number of aliphatic hydroxyl groups is 1. The number of nitrogens with zero attached hydrogens (tertiary/aromatic N) is 1. The molecule has 3 unspecified atom stereocenters. The molecule has 1 aliphatic heterocycles. The molecule has 3 atom stereocenters. The maximum absolute atomic E-state index is 10.1. The van der Waals surface area contributed by atoms with Gasteiger partial charge >= 0.3 is 0 Å². The number of halogens is 1. The van der Waals surface area contributed by atoms with Crippen LogP contribution in [0.15, 0.2) is 60.9 Å². The summed E-state index contributed by atoms with van der Waals surface area (Å²) in [5, 5.41) is 13.5. The van der Waals surface area contributed by atoms with Crippen LogP contribution in [-0.4, -0.2) is 59.8 Å². The Hall–Kier alpha value is -1.76. The van der Waals surface area contributed by atoms with Crippen LogP contribution in [-0.2, 0) is 0 Å². The molecule has 0 bridgehead atoms. The number of hydrogen-bond donors (Lipinski definition) is 2. The second-order valence-electron chi connectivity index (χ2n) is 8.57. The van der Waals surface area contributed by atoms with Gasteiger partial charge in [-0.25, -0.2) is 0 Å². The Morgan fingerprint density at radius 1 is 1.25 bits per heavy atom. The van der Waals surface area contributed by atoms with Crippen molar-refractivity contribution in [2.24, 2.45) is 5.92 Å². The molecule has 0 amide bonds. The van der Waals surface area contributed by atoms with Crippen molar-refractivity contribution in [1.29, 1.82) is 0 Å². The Labute approximate surface area is 202 Å². The highest BCUT2D eigenvalue weighted by Gasteiger charge is 2.23. The van der Waals surface area contributed by atoms with Crippen LogP contribution >= 0.6 is 15.9 Å². The van der Waals surface area contributed by atoms with Crippen molar-refractivity contribution in [1.82, 2.24) is 10.2 Å². The lowest BCUT2D eigenvalue weighted by Gasteiger charge is -2.26. The van der Waals surface area contributed by atoms with Gasteiger partial charge in [-0.1, -0.05) is 35.0 Å². The van der Waals surface area contributed by atoms with Crippen LogP contribution in [0, 0.1) is 5.92 Å². The molecule has 2 N–H and O–H groups in total. The molecule has 1 aromatic carbocycles. The van der Waals surface area contributed by atoms with Crippen LogP contribution < -0.4 is 14.8 Å². The second kappa shape index (κ2) is 13.7. The highest BCUT2D eigenvalue weighted by atomic mass is 79.9. The fraction of sp³-hybridized carbons (Fsp3) is 0.538. The Bertz CT molecular complexity index is 740. The van der Waals surface area contributed by atoms with Gasteiger partial charge in [0.2, 0.25) is 0 Å². The van der Waals surface area contributed by atoms with Crippen molar-refractivity contribution in [3.63, 3.8) is 0 Å². The Morgan fingerprint density at radius 3 is 2.56 bits per heavy atom. The summed E-state index contributed by atoms with van der Waals surface area (Å²) >= 11 is 3.67. The number of nitrogens with one attached hydrogen (secondary N) is 1. The summed E-state index contributed by atoms with van der Waals surface area (Å²) in [5.74, 6) is 2.39. The van der Waals surface area contributed by atoms with Crippen LogP contribution in [0.25, 0.3) is 0 Å². The minimum absolute atomic E-state index is 0.107. The first-order valence-electron chi connectivity index (χ1n) is 11.5. The van der Waals surface area contributed by atoms with E-state index in [2.05, 4.69) is 46.6 Å². The zero-order valence-electron chi connectivity index (χ0n) is 19.7. The third-order valence-electron chi connectivity index (χ3n) is 5.90. The smallest absolute Gasteiger partial charge is 0.120 e. The predicted octanol–water partition coefficient (Wildman–Crippen LogP) is 5.49. The Kier molecular flexibility index (Phi) is 11.4. The van der Waals surface area contributed by atoms with Crippen LogP contribution in [0.4, 0.5) is 0 Å². The monoisotopic (exact) mass is 506 g/mol. The van der Waals surface area contributed by atoms with Gasteiger partial charge in [0.1, 0.15) is 24.2 Å². The fourth-order valence-corrected chi connectivity index (χ4v) is 3.58. The highest BCUT2D eigenvalue weighted by Crippen LogP contribution is 2.32. The Morgan fingerprint density at radius 2 is 1.91 bits per heavy atom. The van der Waals surface area contributed by atoms with E-state index in [-0.39, 0.29) is 10.4 Å². The SMILES string of the molecule is C=CC(C)(Br)C(C)CC/C(O)=C\C=C\C(C)Oc1ccc(OCCN2CCNCC2)cc1. The number of ether oxygens (including phenoxy) is 2. The molecule has 0 aliphatic carbocycles. The average molecular weight is 508 g/mol. The summed E-state index contributed by atoms with van der Waals surface area (Å²) in [6, 6.07) is 7.74. The van der Waals surface area contributed by atoms with E-state index in [0.29, 0.717) is 24.7 Å². The molecule has 1 aliphatic rings. The number of piperazine rings is 1. The van der Waals surface area contributed by atoms with Crippen LogP contribution in [0.5, 0.6) is 11.5 Å². The molecule has 0 radical (unpaired) electrons. The van der Waals surface area contributed by atoms with Crippen molar-refractivity contribution < 1.29 is 14.6 Å². The summed E-state index contributed by atoms with van der Waals surface area (Å²) in [6.07, 6.45) is 8.81. The van der Waals surface area contributed by atoms with Crippen molar-refractivity contribution in [2.45, 2.75) is 44.0 Å². The molecule has 5 nitrogen and oxygen atoms in total. The predicted molar refractivity (Wildman–Crippen MR) is 137 cm³/mol. The number of alkyl halides is 1. The number of benzene rings is 1. The van der Waals surface area contributed by atoms with Crippen molar-refractivity contribution in [3.05, 3.63) is 60.9 Å². The first kappa shape index (κ1) is 26.5. The lowest BCUT2D eigenvalue weighted by Crippen LogP contribution is -2.44. The van der Waals surface area contributed by atoms with E-state index in [1.54, 1.807) is 6.08 Å². The summed E-state index contributed by atoms with van der Waals surface area (Å²) in [5.41, 5.74) is 0. The molecule has 1 heterocycles. The maximum atomic E-state index is 10.1. The molecular formula is C26H39BrN2O3. The summed E-state index contributed by atoms with van der Waals surface area (Å²) in [7, 11) is 0. The lowest BCUT2D eigenvalue weighted by molar-refractivity contribution is 0.191. The minimum atomic E-state index is -0.114. The summed E-state index contributed by atoms with van der Waals surface area (Å²) < 4.78 is 11.7. The zero-order chi connectivity index (χ0) is 23.4. The zero-order valence-corrected chi connectivity index (χ0v) is 21.3. The third-order valence-corrected chi connectivity index (χ3v) is 7.00. The largest absolute Gasteiger partial charge is 0.512 e. The quantitative estimate of drug-likeness (QED) is 0.160. The van der Waals surface area contributed by atoms with Crippen molar-refractivity contribution >= 4 is 15.9 Å². The van der Waals surface area contributed by atoms with E-state index in [9.17, 15) is 5.11 Å². The van der Waals surface area contributed by atoms with Gasteiger partial charge in [0.05, 0.1) is 5.76 Å². The van der Waals surface area contributed by atoms with Gasteiger partial charge in [0.25, 0.3) is 0 Å². The van der Waals surface area contributed by atoms with Gasteiger partial charge in [0, 0.05) is 43.5 Å². The maximum Gasteiger partial charge on any atom is 0.120 e. The number of rotatable bonds is 13. The van der Waals surface area contributed by atoms with Crippen LogP contribution in [0.3, 0.4) is 0 Å². The molecule has 32 heavy (non-hydrogen) atoms. The van der Waals surface area contributed by atoms with Crippen molar-refractivity contribution in [3.8, 4) is 11.5 Å². The third kappa shape index (κ3) is 9.80. The molecule has 6 heteroatoms. The van der Waals surface area contributed by atoms with E-state index < -0.39 is 0 Å². The van der Waals surface area contributed by atoms with Gasteiger partial charge in [-0.3, -0.25) is 4.90 Å².